The van der Waals surface area contributed by atoms with Crippen molar-refractivity contribution in [3.05, 3.63) is 29.8 Å². The van der Waals surface area contributed by atoms with Crippen molar-refractivity contribution in [2.75, 3.05) is 0 Å². The Labute approximate surface area is 92.3 Å². The third-order valence-electron chi connectivity index (χ3n) is 2.32. The molecule has 1 aromatic rings. The zero-order chi connectivity index (χ0) is 10.7. The second kappa shape index (κ2) is 4.94. The average molecular weight is 229 g/mol. The number of hydrogen-bond acceptors (Lipinski definition) is 2. The van der Waals surface area contributed by atoms with Gasteiger partial charge in [0, 0.05) is 17.5 Å². The van der Waals surface area contributed by atoms with Crippen LogP contribution in [0.3, 0.4) is 0 Å². The third kappa shape index (κ3) is 3.80. The molecule has 2 rings (SSSR count). The molecule has 0 bridgehead atoms. The minimum Gasteiger partial charge on any atom is -0.310 e. The van der Waals surface area contributed by atoms with Crippen molar-refractivity contribution in [1.29, 1.82) is 0 Å². The summed E-state index contributed by atoms with van der Waals surface area (Å²) in [5, 5.41) is 3.38. The minimum atomic E-state index is -2.33. The van der Waals surface area contributed by atoms with Gasteiger partial charge in [-0.15, -0.1) is 0 Å². The van der Waals surface area contributed by atoms with E-state index in [1.165, 1.54) is 12.8 Å². The van der Waals surface area contributed by atoms with Gasteiger partial charge >= 0.3 is 0 Å². The van der Waals surface area contributed by atoms with Crippen molar-refractivity contribution in [3.63, 3.8) is 0 Å². The van der Waals surface area contributed by atoms with E-state index in [1.807, 2.05) is 12.1 Å². The van der Waals surface area contributed by atoms with Crippen molar-refractivity contribution in [2.24, 2.45) is 0 Å². The molecule has 0 spiro atoms. The highest BCUT2D eigenvalue weighted by Gasteiger charge is 2.19. The lowest BCUT2D eigenvalue weighted by atomic mass is 10.2. The number of nitrogens with one attached hydrogen (secondary N) is 1. The zero-order valence-electron chi connectivity index (χ0n) is 8.25. The van der Waals surface area contributed by atoms with Gasteiger partial charge in [-0.1, -0.05) is 23.9 Å². The molecule has 0 radical (unpaired) electrons. The van der Waals surface area contributed by atoms with Gasteiger partial charge in [-0.25, -0.2) is 0 Å². The Balaban J connectivity index is 1.85. The van der Waals surface area contributed by atoms with Gasteiger partial charge in [-0.3, -0.25) is 0 Å². The number of benzene rings is 1. The summed E-state index contributed by atoms with van der Waals surface area (Å²) < 4.78 is 24.1. The summed E-state index contributed by atoms with van der Waals surface area (Å²) in [5.41, 5.74) is 1.15. The molecule has 0 heterocycles. The first-order valence-electron chi connectivity index (χ1n) is 5.01. The number of rotatable bonds is 5. The molecule has 4 heteroatoms. The Morgan fingerprint density at radius 3 is 2.47 bits per heavy atom. The van der Waals surface area contributed by atoms with E-state index in [1.54, 1.807) is 12.1 Å². The Morgan fingerprint density at radius 2 is 1.93 bits per heavy atom. The quantitative estimate of drug-likeness (QED) is 0.778. The fraction of sp³-hybridized carbons (Fsp3) is 0.455. The molecule has 15 heavy (non-hydrogen) atoms. The van der Waals surface area contributed by atoms with Crippen LogP contribution < -0.4 is 5.32 Å². The van der Waals surface area contributed by atoms with E-state index >= 15 is 0 Å². The summed E-state index contributed by atoms with van der Waals surface area (Å²) in [5.74, 6) is -2.33. The van der Waals surface area contributed by atoms with Crippen molar-refractivity contribution in [3.8, 4) is 0 Å². The van der Waals surface area contributed by atoms with Crippen molar-refractivity contribution < 1.29 is 8.78 Å². The molecule has 1 saturated carbocycles. The lowest BCUT2D eigenvalue weighted by molar-refractivity contribution is 0.252. The molecule has 1 aromatic carbocycles. The predicted octanol–water partition coefficient (Wildman–Crippen LogP) is 3.25. The van der Waals surface area contributed by atoms with Crippen LogP contribution in [0.4, 0.5) is 8.78 Å². The first-order chi connectivity index (χ1) is 7.24. The van der Waals surface area contributed by atoms with E-state index in [0.29, 0.717) is 22.7 Å². The van der Waals surface area contributed by atoms with Crippen LogP contribution in [0.1, 0.15) is 18.4 Å². The number of thioether (sulfide) groups is 1. The van der Waals surface area contributed by atoms with Crippen LogP contribution in [-0.4, -0.2) is 11.8 Å². The molecule has 1 aliphatic carbocycles. The molecule has 1 N–H and O–H groups in total. The van der Waals surface area contributed by atoms with E-state index in [-0.39, 0.29) is 0 Å². The maximum Gasteiger partial charge on any atom is 0.288 e. The molecule has 0 saturated heterocycles. The molecule has 0 amide bonds. The van der Waals surface area contributed by atoms with Gasteiger partial charge in [0.1, 0.15) is 0 Å². The predicted molar refractivity (Wildman–Crippen MR) is 58.2 cm³/mol. The Bertz CT molecular complexity index is 309. The second-order valence-electron chi connectivity index (χ2n) is 3.68. The highest BCUT2D eigenvalue weighted by molar-refractivity contribution is 7.99. The highest BCUT2D eigenvalue weighted by Crippen LogP contribution is 2.25. The zero-order valence-corrected chi connectivity index (χ0v) is 9.07. The Kier molecular flexibility index (Phi) is 3.59. The van der Waals surface area contributed by atoms with Crippen molar-refractivity contribution in [1.82, 2.24) is 5.32 Å². The van der Waals surface area contributed by atoms with Crippen molar-refractivity contribution in [2.45, 2.75) is 36.1 Å². The van der Waals surface area contributed by atoms with Gasteiger partial charge < -0.3 is 5.32 Å². The van der Waals surface area contributed by atoms with Crippen LogP contribution in [0, 0.1) is 0 Å². The SMILES string of the molecule is FC(F)Sc1ccc(CNC2CC2)cc1. The first-order valence-corrected chi connectivity index (χ1v) is 5.89. The summed E-state index contributed by atoms with van der Waals surface area (Å²) in [6.45, 7) is 0.838. The molecule has 0 unspecified atom stereocenters. The van der Waals surface area contributed by atoms with Crippen LogP contribution >= 0.6 is 11.8 Å². The third-order valence-corrected chi connectivity index (χ3v) is 3.04. The molecule has 0 aromatic heterocycles. The lowest BCUT2D eigenvalue weighted by Crippen LogP contribution is -2.14. The summed E-state index contributed by atoms with van der Waals surface area (Å²) in [7, 11) is 0. The van der Waals surface area contributed by atoms with E-state index in [0.717, 1.165) is 12.1 Å². The maximum absolute atomic E-state index is 12.0. The van der Waals surface area contributed by atoms with Gasteiger partial charge in [0.05, 0.1) is 0 Å². The van der Waals surface area contributed by atoms with Crippen LogP contribution in [0.25, 0.3) is 0 Å². The fourth-order valence-electron chi connectivity index (χ4n) is 1.34. The standard InChI is InChI=1S/C11H13F2NS/c12-11(13)15-10-5-1-8(2-6-10)7-14-9-3-4-9/h1-2,5-6,9,11,14H,3-4,7H2. The molecular weight excluding hydrogens is 216 g/mol. The first kappa shape index (κ1) is 10.9. The maximum atomic E-state index is 12.0. The van der Waals surface area contributed by atoms with Gasteiger partial charge in [-0.05, 0) is 30.5 Å². The summed E-state index contributed by atoms with van der Waals surface area (Å²) in [6, 6.07) is 7.99. The minimum absolute atomic E-state index is 0.590. The lowest BCUT2D eigenvalue weighted by Gasteiger charge is -2.04. The molecule has 1 nitrogen and oxygen atoms in total. The Hall–Kier alpha value is -0.610. The number of hydrogen-bond donors (Lipinski definition) is 1. The Morgan fingerprint density at radius 1 is 1.27 bits per heavy atom. The van der Waals surface area contributed by atoms with Gasteiger partial charge in [-0.2, -0.15) is 8.78 Å². The highest BCUT2D eigenvalue weighted by atomic mass is 32.2. The largest absolute Gasteiger partial charge is 0.310 e. The average Bonchev–Trinajstić information content (AvgIpc) is 2.99. The molecular formula is C11H13F2NS. The number of halogens is 2. The van der Waals surface area contributed by atoms with Crippen LogP contribution in [0.15, 0.2) is 29.2 Å². The molecule has 0 aliphatic heterocycles. The normalized spacial score (nSPS) is 15.9. The molecule has 1 fully saturated rings. The van der Waals surface area contributed by atoms with E-state index in [4.69, 9.17) is 0 Å². The van der Waals surface area contributed by atoms with Crippen LogP contribution in [-0.2, 0) is 6.54 Å². The van der Waals surface area contributed by atoms with Crippen LogP contribution in [0.5, 0.6) is 0 Å². The summed E-state index contributed by atoms with van der Waals surface area (Å²) in [6.07, 6.45) is 2.53. The molecule has 1 aliphatic rings. The summed E-state index contributed by atoms with van der Waals surface area (Å²) >= 11 is 0.590. The molecule has 82 valence electrons. The smallest absolute Gasteiger partial charge is 0.288 e. The second-order valence-corrected chi connectivity index (χ2v) is 4.74. The summed E-state index contributed by atoms with van der Waals surface area (Å²) in [4.78, 5) is 0.625. The van der Waals surface area contributed by atoms with E-state index in [2.05, 4.69) is 5.32 Å². The van der Waals surface area contributed by atoms with Crippen LogP contribution in [0.2, 0.25) is 0 Å². The fourth-order valence-corrected chi connectivity index (χ4v) is 1.84. The number of alkyl halides is 2. The van der Waals surface area contributed by atoms with Gasteiger partial charge in [0.15, 0.2) is 0 Å². The van der Waals surface area contributed by atoms with Gasteiger partial charge in [0.2, 0.25) is 0 Å². The van der Waals surface area contributed by atoms with E-state index in [9.17, 15) is 8.78 Å². The van der Waals surface area contributed by atoms with Crippen molar-refractivity contribution >= 4 is 11.8 Å². The van der Waals surface area contributed by atoms with Gasteiger partial charge in [0.25, 0.3) is 5.76 Å². The monoisotopic (exact) mass is 229 g/mol. The molecule has 0 atom stereocenters. The topological polar surface area (TPSA) is 12.0 Å². The van der Waals surface area contributed by atoms with E-state index < -0.39 is 5.76 Å².